The number of aromatic hydroxyl groups is 1. The molecule has 2 fully saturated rings. The number of hydrogen-bond acceptors (Lipinski definition) is 4. The van der Waals surface area contributed by atoms with Gasteiger partial charge < -0.3 is 16.2 Å². The van der Waals surface area contributed by atoms with Crippen LogP contribution in [-0.2, 0) is 21.4 Å². The number of carbonyl (C=O) groups is 2. The third-order valence-electron chi connectivity index (χ3n) is 7.29. The van der Waals surface area contributed by atoms with Gasteiger partial charge in [0, 0.05) is 24.4 Å². The first-order valence-corrected chi connectivity index (χ1v) is 10.5. The quantitative estimate of drug-likeness (QED) is 0.694. The zero-order valence-electron chi connectivity index (χ0n) is 16.8. The van der Waals surface area contributed by atoms with Crippen molar-refractivity contribution in [1.82, 2.24) is 10.2 Å². The predicted octanol–water partition coefficient (Wildman–Crippen LogP) is 1.69. The molecule has 0 radical (unpaired) electrons. The van der Waals surface area contributed by atoms with E-state index in [4.69, 9.17) is 5.73 Å². The number of phenolic OH excluding ortho intramolecular Hbond substituents is 1. The summed E-state index contributed by atoms with van der Waals surface area (Å²) in [6.07, 6.45) is 4.83. The maximum atomic E-state index is 12.8. The summed E-state index contributed by atoms with van der Waals surface area (Å²) in [6, 6.07) is 5.34. The van der Waals surface area contributed by atoms with Crippen molar-refractivity contribution in [1.29, 1.82) is 0 Å². The minimum atomic E-state index is -0.683. The average Bonchev–Trinajstić information content (AvgIpc) is 3.44. The number of hydrogen-bond donors (Lipinski definition) is 3. The van der Waals surface area contributed by atoms with Crippen LogP contribution in [0.2, 0.25) is 0 Å². The molecular formula is C22H31N3O3. The Balaban J connectivity index is 1.65. The molecule has 1 heterocycles. The highest BCUT2D eigenvalue weighted by Crippen LogP contribution is 2.52. The van der Waals surface area contributed by atoms with Gasteiger partial charge in [0.05, 0.1) is 0 Å². The number of nitrogens with two attached hydrogens (primary N) is 1. The minimum absolute atomic E-state index is 0.149. The predicted molar refractivity (Wildman–Crippen MR) is 107 cm³/mol. The van der Waals surface area contributed by atoms with Crippen molar-refractivity contribution >= 4 is 11.8 Å². The summed E-state index contributed by atoms with van der Waals surface area (Å²) in [6.45, 7) is 5.99. The van der Waals surface area contributed by atoms with Crippen LogP contribution >= 0.6 is 0 Å². The van der Waals surface area contributed by atoms with E-state index in [1.54, 1.807) is 13.0 Å². The van der Waals surface area contributed by atoms with E-state index in [0.717, 1.165) is 37.4 Å². The summed E-state index contributed by atoms with van der Waals surface area (Å²) < 4.78 is 0. The molecule has 1 saturated heterocycles. The lowest BCUT2D eigenvalue weighted by atomic mass is 9.56. The van der Waals surface area contributed by atoms with Crippen molar-refractivity contribution in [3.8, 4) is 5.75 Å². The first kappa shape index (κ1) is 19.2. The number of nitrogens with one attached hydrogen (secondary N) is 1. The van der Waals surface area contributed by atoms with Gasteiger partial charge >= 0.3 is 0 Å². The molecule has 6 heteroatoms. The van der Waals surface area contributed by atoms with Gasteiger partial charge in [0.15, 0.2) is 0 Å². The van der Waals surface area contributed by atoms with Gasteiger partial charge in [-0.05, 0) is 74.2 Å². The molecule has 3 aliphatic rings. The molecular weight excluding hydrogens is 354 g/mol. The number of primary amides is 1. The topological polar surface area (TPSA) is 95.7 Å². The fourth-order valence-corrected chi connectivity index (χ4v) is 5.39. The lowest BCUT2D eigenvalue weighted by Gasteiger charge is -2.56. The van der Waals surface area contributed by atoms with Crippen molar-refractivity contribution in [2.75, 3.05) is 13.1 Å². The van der Waals surface area contributed by atoms with Crippen molar-refractivity contribution in [2.24, 2.45) is 17.6 Å². The van der Waals surface area contributed by atoms with Gasteiger partial charge in [0.1, 0.15) is 11.8 Å². The molecule has 4 rings (SSSR count). The molecule has 2 aliphatic carbocycles. The van der Waals surface area contributed by atoms with Crippen molar-refractivity contribution in [3.05, 3.63) is 29.3 Å². The molecule has 2 bridgehead atoms. The molecule has 1 saturated carbocycles. The van der Waals surface area contributed by atoms with Gasteiger partial charge in [-0.15, -0.1) is 0 Å². The van der Waals surface area contributed by atoms with E-state index < -0.39 is 11.9 Å². The van der Waals surface area contributed by atoms with Crippen LogP contribution in [0.1, 0.15) is 50.7 Å². The Morgan fingerprint density at radius 1 is 1.39 bits per heavy atom. The number of rotatable bonds is 6. The van der Waals surface area contributed by atoms with Gasteiger partial charge in [-0.2, -0.15) is 0 Å². The lowest BCUT2D eigenvalue weighted by molar-refractivity contribution is -0.129. The summed E-state index contributed by atoms with van der Waals surface area (Å²) in [4.78, 5) is 26.8. The van der Waals surface area contributed by atoms with E-state index in [0.29, 0.717) is 18.4 Å². The zero-order chi connectivity index (χ0) is 20.1. The van der Waals surface area contributed by atoms with E-state index in [9.17, 15) is 14.7 Å². The van der Waals surface area contributed by atoms with Gasteiger partial charge in [-0.25, -0.2) is 0 Å². The molecule has 4 N–H and O–H groups in total. The number of amides is 2. The molecule has 152 valence electrons. The zero-order valence-corrected chi connectivity index (χ0v) is 16.8. The van der Waals surface area contributed by atoms with Gasteiger partial charge in [0.2, 0.25) is 11.8 Å². The number of piperidine rings is 1. The summed E-state index contributed by atoms with van der Waals surface area (Å²) in [5, 5.41) is 12.9. The van der Waals surface area contributed by atoms with Gasteiger partial charge in [-0.3, -0.25) is 14.5 Å². The molecule has 0 spiro atoms. The maximum absolute atomic E-state index is 12.8. The Hall–Kier alpha value is -2.08. The Morgan fingerprint density at radius 2 is 2.14 bits per heavy atom. The van der Waals surface area contributed by atoms with Crippen LogP contribution in [0.25, 0.3) is 0 Å². The highest BCUT2D eigenvalue weighted by molar-refractivity contribution is 5.86. The number of benzene rings is 1. The standard InChI is InChI=1S/C22H31N3O3/c1-13-19-9-16-5-6-17(26)10-18(16)22(13,7-8-25(19)12-15-3-4-15)11-20(27)24-14(2)21(23)28/h5-6,10,13-15,19,26H,3-4,7-9,11-12H2,1-2H3,(H2,23,28)(H,24,27)/t13-,14?,19?,22+/m0/s1. The number of fused-ring (bicyclic) bond motifs is 4. The van der Waals surface area contributed by atoms with Gasteiger partial charge in [-0.1, -0.05) is 13.0 Å². The van der Waals surface area contributed by atoms with Crippen molar-refractivity contribution in [2.45, 2.75) is 63.5 Å². The van der Waals surface area contributed by atoms with E-state index in [1.807, 2.05) is 12.1 Å². The Bertz CT molecular complexity index is 791. The average molecular weight is 386 g/mol. The third kappa shape index (κ3) is 3.39. The van der Waals surface area contributed by atoms with Crippen molar-refractivity contribution in [3.63, 3.8) is 0 Å². The largest absolute Gasteiger partial charge is 0.508 e. The monoisotopic (exact) mass is 385 g/mol. The van der Waals surface area contributed by atoms with Crippen LogP contribution in [0, 0.1) is 11.8 Å². The van der Waals surface area contributed by atoms with E-state index in [-0.39, 0.29) is 17.1 Å². The highest BCUT2D eigenvalue weighted by atomic mass is 16.3. The van der Waals surface area contributed by atoms with Crippen LogP contribution in [0.4, 0.5) is 0 Å². The van der Waals surface area contributed by atoms with E-state index in [1.165, 1.54) is 18.4 Å². The van der Waals surface area contributed by atoms with Gasteiger partial charge in [0.25, 0.3) is 0 Å². The van der Waals surface area contributed by atoms with Crippen LogP contribution in [0.5, 0.6) is 5.75 Å². The van der Waals surface area contributed by atoms with Crippen molar-refractivity contribution < 1.29 is 14.7 Å². The molecule has 1 aliphatic heterocycles. The fraction of sp³-hybridized carbons (Fsp3) is 0.636. The third-order valence-corrected chi connectivity index (χ3v) is 7.29. The lowest BCUT2D eigenvalue weighted by Crippen LogP contribution is -2.60. The Kier molecular flexibility index (Phi) is 4.86. The summed E-state index contributed by atoms with van der Waals surface area (Å²) in [5.41, 5.74) is 7.33. The number of phenols is 1. The molecule has 2 unspecified atom stereocenters. The molecule has 4 atom stereocenters. The number of carbonyl (C=O) groups excluding carboxylic acids is 2. The second-order valence-electron chi connectivity index (χ2n) is 9.11. The summed E-state index contributed by atoms with van der Waals surface area (Å²) in [5.74, 6) is 0.695. The SMILES string of the molecule is CC(NC(=O)C[C@@]12CCN(CC3CC3)C(Cc3ccc(O)cc31)[C@@H]2C)C(N)=O. The Labute approximate surface area is 166 Å². The second-order valence-corrected chi connectivity index (χ2v) is 9.11. The minimum Gasteiger partial charge on any atom is -0.508 e. The smallest absolute Gasteiger partial charge is 0.239 e. The normalized spacial score (nSPS) is 30.4. The molecule has 1 aromatic rings. The summed E-state index contributed by atoms with van der Waals surface area (Å²) in [7, 11) is 0. The highest BCUT2D eigenvalue weighted by Gasteiger charge is 2.52. The first-order chi connectivity index (χ1) is 13.3. The molecule has 0 aromatic heterocycles. The van der Waals surface area contributed by atoms with Crippen LogP contribution < -0.4 is 11.1 Å². The fourth-order valence-electron chi connectivity index (χ4n) is 5.39. The van der Waals surface area contributed by atoms with E-state index in [2.05, 4.69) is 17.1 Å². The van der Waals surface area contributed by atoms with Crippen LogP contribution in [0.3, 0.4) is 0 Å². The number of likely N-dealkylation sites (tertiary alicyclic amines) is 1. The van der Waals surface area contributed by atoms with Crippen LogP contribution in [0.15, 0.2) is 18.2 Å². The van der Waals surface area contributed by atoms with E-state index >= 15 is 0 Å². The van der Waals surface area contributed by atoms with Crippen LogP contribution in [-0.4, -0.2) is 47.0 Å². The maximum Gasteiger partial charge on any atom is 0.239 e. The summed E-state index contributed by atoms with van der Waals surface area (Å²) >= 11 is 0. The first-order valence-electron chi connectivity index (χ1n) is 10.5. The molecule has 1 aromatic carbocycles. The number of nitrogens with zero attached hydrogens (tertiary/aromatic N) is 1. The second kappa shape index (κ2) is 7.07. The Morgan fingerprint density at radius 3 is 2.82 bits per heavy atom. The molecule has 2 amide bonds. The molecule has 6 nitrogen and oxygen atoms in total. The molecule has 28 heavy (non-hydrogen) atoms.